The van der Waals surface area contributed by atoms with E-state index in [2.05, 4.69) is 99.8 Å². The Kier molecular flexibility index (Phi) is 4.42. The van der Waals surface area contributed by atoms with Gasteiger partial charge in [0.1, 0.15) is 0 Å². The van der Waals surface area contributed by atoms with E-state index < -0.39 is 5.66 Å². The summed E-state index contributed by atoms with van der Waals surface area (Å²) in [5.41, 5.74) is 4.21. The molecule has 2 nitrogen and oxygen atoms in total. The Bertz CT molecular complexity index is 753. The van der Waals surface area contributed by atoms with Gasteiger partial charge in [0.2, 0.25) is 0 Å². The van der Waals surface area contributed by atoms with Crippen LogP contribution in [0.1, 0.15) is 45.2 Å². The first-order valence-electron chi connectivity index (χ1n) is 8.55. The van der Waals surface area contributed by atoms with Crippen molar-refractivity contribution in [2.24, 2.45) is 4.99 Å². The first kappa shape index (κ1) is 16.7. The quantitative estimate of drug-likeness (QED) is 0.785. The van der Waals surface area contributed by atoms with Crippen LogP contribution < -0.4 is 5.32 Å². The van der Waals surface area contributed by atoms with Gasteiger partial charge in [-0.3, -0.25) is 10.3 Å². The van der Waals surface area contributed by atoms with E-state index in [1.807, 2.05) is 0 Å². The molecule has 24 heavy (non-hydrogen) atoms. The average Bonchev–Trinajstić information content (AvgIpc) is 2.54. The molecule has 2 heteroatoms. The van der Waals surface area contributed by atoms with E-state index >= 15 is 0 Å². The van der Waals surface area contributed by atoms with Gasteiger partial charge in [-0.2, -0.15) is 0 Å². The molecule has 1 N–H and O–H groups in total. The van der Waals surface area contributed by atoms with Crippen molar-refractivity contribution in [1.29, 1.82) is 0 Å². The van der Waals surface area contributed by atoms with Crippen LogP contribution in [-0.2, 0) is 5.66 Å². The summed E-state index contributed by atoms with van der Waals surface area (Å²) in [6.45, 7) is 8.76. The summed E-state index contributed by atoms with van der Waals surface area (Å²) in [5, 5.41) is 3.79. The summed E-state index contributed by atoms with van der Waals surface area (Å²) in [7, 11) is 0. The van der Waals surface area contributed by atoms with Crippen molar-refractivity contribution in [3.63, 3.8) is 0 Å². The van der Waals surface area contributed by atoms with Crippen molar-refractivity contribution in [2.45, 2.75) is 45.3 Å². The van der Waals surface area contributed by atoms with Crippen molar-refractivity contribution >= 4 is 5.71 Å². The molecule has 0 saturated heterocycles. The second-order valence-corrected chi connectivity index (χ2v) is 7.46. The minimum Gasteiger partial charge on any atom is -0.281 e. The second-order valence-electron chi connectivity index (χ2n) is 7.46. The highest BCUT2D eigenvalue weighted by Gasteiger charge is 2.40. The van der Waals surface area contributed by atoms with Crippen molar-refractivity contribution < 1.29 is 0 Å². The van der Waals surface area contributed by atoms with Crippen molar-refractivity contribution in [2.75, 3.05) is 0 Å². The zero-order chi connectivity index (χ0) is 17.2. The molecule has 3 rings (SSSR count). The molecule has 0 bridgehead atoms. The van der Waals surface area contributed by atoms with Crippen molar-refractivity contribution in [3.05, 3.63) is 83.4 Å². The number of hydrogen-bond donors (Lipinski definition) is 1. The lowest BCUT2D eigenvalue weighted by Gasteiger charge is -2.43. The van der Waals surface area contributed by atoms with Crippen LogP contribution in [-0.4, -0.2) is 11.3 Å². The van der Waals surface area contributed by atoms with Gasteiger partial charge in [0.05, 0.1) is 0 Å². The summed E-state index contributed by atoms with van der Waals surface area (Å²) in [6.07, 6.45) is 3.15. The number of aliphatic imine (C=N–C) groups is 1. The largest absolute Gasteiger partial charge is 0.281 e. The van der Waals surface area contributed by atoms with E-state index in [4.69, 9.17) is 4.99 Å². The lowest BCUT2D eigenvalue weighted by atomic mass is 9.85. The van der Waals surface area contributed by atoms with Gasteiger partial charge in [-0.1, -0.05) is 66.2 Å². The fourth-order valence-corrected chi connectivity index (χ4v) is 3.45. The summed E-state index contributed by atoms with van der Waals surface area (Å²) in [6, 6.07) is 21.0. The number of nitrogens with one attached hydrogen (secondary N) is 1. The zero-order valence-corrected chi connectivity index (χ0v) is 15.0. The molecule has 1 heterocycles. The third-order valence-electron chi connectivity index (χ3n) is 4.27. The molecule has 124 valence electrons. The lowest BCUT2D eigenvalue weighted by molar-refractivity contribution is 0.272. The number of hydrogen-bond acceptors (Lipinski definition) is 2. The van der Waals surface area contributed by atoms with Crippen LogP contribution in [0.3, 0.4) is 0 Å². The number of allylic oxidation sites excluding steroid dienone is 1. The molecule has 1 aliphatic heterocycles. The second kappa shape index (κ2) is 6.37. The van der Waals surface area contributed by atoms with Crippen molar-refractivity contribution in [1.82, 2.24) is 5.32 Å². The SMILES string of the molecule is CC(C)=C[C@]1(c2ccccc2)N=C(c2ccccc2)CC(C)(C)N1. The molecule has 1 aliphatic rings. The molecule has 1 atom stereocenters. The zero-order valence-electron chi connectivity index (χ0n) is 15.0. The van der Waals surface area contributed by atoms with Gasteiger partial charge in [0.15, 0.2) is 5.66 Å². The molecule has 0 aromatic heterocycles. The van der Waals surface area contributed by atoms with Crippen LogP contribution in [0.5, 0.6) is 0 Å². The van der Waals surface area contributed by atoms with Gasteiger partial charge >= 0.3 is 0 Å². The molecular weight excluding hydrogens is 292 g/mol. The monoisotopic (exact) mass is 318 g/mol. The number of nitrogens with zero attached hydrogens (tertiary/aromatic N) is 1. The van der Waals surface area contributed by atoms with E-state index in [9.17, 15) is 0 Å². The fourth-order valence-electron chi connectivity index (χ4n) is 3.45. The van der Waals surface area contributed by atoms with E-state index in [0.29, 0.717) is 0 Å². The molecular formula is C22H26N2. The summed E-state index contributed by atoms with van der Waals surface area (Å²) < 4.78 is 0. The van der Waals surface area contributed by atoms with E-state index in [1.54, 1.807) is 0 Å². The molecule has 2 aromatic rings. The van der Waals surface area contributed by atoms with E-state index in [-0.39, 0.29) is 5.54 Å². The van der Waals surface area contributed by atoms with Gasteiger partial charge in [0.25, 0.3) is 0 Å². The first-order chi connectivity index (χ1) is 11.4. The maximum Gasteiger partial charge on any atom is 0.156 e. The Morgan fingerprint density at radius 3 is 2.12 bits per heavy atom. The Balaban J connectivity index is 2.21. The number of rotatable bonds is 3. The highest BCUT2D eigenvalue weighted by Crippen LogP contribution is 2.35. The van der Waals surface area contributed by atoms with Crippen LogP contribution >= 0.6 is 0 Å². The normalized spacial score (nSPS) is 22.6. The van der Waals surface area contributed by atoms with E-state index in [0.717, 1.165) is 12.1 Å². The molecule has 0 saturated carbocycles. The predicted molar refractivity (Wildman–Crippen MR) is 102 cm³/mol. The summed E-state index contributed by atoms with van der Waals surface area (Å²) in [4.78, 5) is 5.22. The Morgan fingerprint density at radius 2 is 1.54 bits per heavy atom. The summed E-state index contributed by atoms with van der Waals surface area (Å²) >= 11 is 0. The maximum atomic E-state index is 5.22. The lowest BCUT2D eigenvalue weighted by Crippen LogP contribution is -2.56. The van der Waals surface area contributed by atoms with Crippen LogP contribution in [0.2, 0.25) is 0 Å². The van der Waals surface area contributed by atoms with E-state index in [1.165, 1.54) is 16.7 Å². The minimum absolute atomic E-state index is 0.0469. The van der Waals surface area contributed by atoms with Gasteiger partial charge < -0.3 is 0 Å². The van der Waals surface area contributed by atoms with Crippen LogP contribution in [0.4, 0.5) is 0 Å². The topological polar surface area (TPSA) is 24.4 Å². The Hall–Kier alpha value is -2.19. The highest BCUT2D eigenvalue weighted by atomic mass is 15.2. The standard InChI is InChI=1S/C22H26N2/c1-17(2)15-22(19-13-9-6-10-14-19)23-20(16-21(3,4)24-22)18-11-7-5-8-12-18/h5-15,24H,16H2,1-4H3/t22-/m0/s1. The van der Waals surface area contributed by atoms with Gasteiger partial charge in [-0.05, 0) is 44.9 Å². The molecule has 2 aromatic carbocycles. The fraction of sp³-hybridized carbons (Fsp3) is 0.318. The maximum absolute atomic E-state index is 5.22. The molecule has 0 fully saturated rings. The minimum atomic E-state index is -0.521. The van der Waals surface area contributed by atoms with Crippen molar-refractivity contribution in [3.8, 4) is 0 Å². The van der Waals surface area contributed by atoms with Gasteiger partial charge in [0, 0.05) is 17.7 Å². The van der Waals surface area contributed by atoms with Crippen LogP contribution in [0.15, 0.2) is 77.3 Å². The Labute approximate surface area is 145 Å². The molecule has 0 aliphatic carbocycles. The Morgan fingerprint density at radius 1 is 0.958 bits per heavy atom. The smallest absolute Gasteiger partial charge is 0.156 e. The average molecular weight is 318 g/mol. The van der Waals surface area contributed by atoms with Gasteiger partial charge in [-0.15, -0.1) is 0 Å². The van der Waals surface area contributed by atoms with Crippen LogP contribution in [0, 0.1) is 0 Å². The third kappa shape index (κ3) is 3.49. The van der Waals surface area contributed by atoms with Gasteiger partial charge in [-0.25, -0.2) is 0 Å². The third-order valence-corrected chi connectivity index (χ3v) is 4.27. The molecule has 0 radical (unpaired) electrons. The van der Waals surface area contributed by atoms with Crippen LogP contribution in [0.25, 0.3) is 0 Å². The predicted octanol–water partition coefficient (Wildman–Crippen LogP) is 5.07. The molecule has 0 amide bonds. The molecule has 0 spiro atoms. The highest BCUT2D eigenvalue weighted by molar-refractivity contribution is 6.02. The number of benzene rings is 2. The first-order valence-corrected chi connectivity index (χ1v) is 8.55. The summed E-state index contributed by atoms with van der Waals surface area (Å²) in [5.74, 6) is 0. The molecule has 0 unspecified atom stereocenters.